The van der Waals surface area contributed by atoms with E-state index in [1.165, 1.54) is 25.6 Å². The Labute approximate surface area is 126 Å². The van der Waals surface area contributed by atoms with Gasteiger partial charge in [-0.3, -0.25) is 0 Å². The number of sulfonamides is 1. The van der Waals surface area contributed by atoms with Crippen molar-refractivity contribution in [1.82, 2.24) is 4.31 Å². The highest BCUT2D eigenvalue weighted by molar-refractivity contribution is 7.89. The van der Waals surface area contributed by atoms with E-state index in [0.29, 0.717) is 23.5 Å². The first-order valence-electron chi connectivity index (χ1n) is 6.69. The van der Waals surface area contributed by atoms with Crippen LogP contribution in [0.1, 0.15) is 25.0 Å². The lowest BCUT2D eigenvalue weighted by Gasteiger charge is -2.21. The maximum atomic E-state index is 11.9. The van der Waals surface area contributed by atoms with Gasteiger partial charge in [0.15, 0.2) is 11.5 Å². The molecule has 1 aromatic rings. The zero-order valence-corrected chi connectivity index (χ0v) is 13.7. The normalized spacial score (nSPS) is 13.2. The van der Waals surface area contributed by atoms with Crippen molar-refractivity contribution in [2.45, 2.75) is 19.4 Å². The number of benzene rings is 1. The molecule has 1 aromatic carbocycles. The van der Waals surface area contributed by atoms with Crippen molar-refractivity contribution < 1.29 is 23.0 Å². The van der Waals surface area contributed by atoms with Crippen LogP contribution in [0.15, 0.2) is 18.2 Å². The number of hydrogen-bond acceptors (Lipinski definition) is 5. The predicted octanol–water partition coefficient (Wildman–Crippen LogP) is 1.41. The fourth-order valence-corrected chi connectivity index (χ4v) is 3.13. The Bertz CT molecular complexity index is 558. The molecule has 1 rings (SSSR count). The highest BCUT2D eigenvalue weighted by Gasteiger charge is 2.21. The second-order valence-corrected chi connectivity index (χ2v) is 6.92. The summed E-state index contributed by atoms with van der Waals surface area (Å²) in [5.74, 6) is 1.12. The van der Waals surface area contributed by atoms with Crippen LogP contribution >= 0.6 is 0 Å². The molecule has 120 valence electrons. The molecule has 7 heteroatoms. The maximum Gasteiger partial charge on any atom is 0.213 e. The Morgan fingerprint density at radius 1 is 1.24 bits per heavy atom. The van der Waals surface area contributed by atoms with E-state index >= 15 is 0 Å². The van der Waals surface area contributed by atoms with Gasteiger partial charge in [-0.1, -0.05) is 13.0 Å². The highest BCUT2D eigenvalue weighted by Crippen LogP contribution is 2.30. The molecular formula is C14H23NO5S. The van der Waals surface area contributed by atoms with Crippen molar-refractivity contribution in [2.24, 2.45) is 0 Å². The average Bonchev–Trinajstić information content (AvgIpc) is 2.46. The minimum atomic E-state index is -3.32. The van der Waals surface area contributed by atoms with Crippen LogP contribution in [0.25, 0.3) is 0 Å². The van der Waals surface area contributed by atoms with Gasteiger partial charge in [-0.25, -0.2) is 12.7 Å². The third-order valence-corrected chi connectivity index (χ3v) is 5.18. The quantitative estimate of drug-likeness (QED) is 0.784. The smallest absolute Gasteiger partial charge is 0.213 e. The van der Waals surface area contributed by atoms with E-state index in [-0.39, 0.29) is 12.3 Å². The van der Waals surface area contributed by atoms with Gasteiger partial charge in [0.2, 0.25) is 10.0 Å². The molecule has 0 fully saturated rings. The molecule has 0 amide bonds. The van der Waals surface area contributed by atoms with Crippen LogP contribution in [0.3, 0.4) is 0 Å². The van der Waals surface area contributed by atoms with Gasteiger partial charge in [0, 0.05) is 13.6 Å². The van der Waals surface area contributed by atoms with Crippen LogP contribution in [0.2, 0.25) is 0 Å². The Balaban J connectivity index is 2.87. The summed E-state index contributed by atoms with van der Waals surface area (Å²) in [7, 11) is 1.18. The van der Waals surface area contributed by atoms with Crippen molar-refractivity contribution in [3.8, 4) is 11.5 Å². The van der Waals surface area contributed by atoms with Crippen molar-refractivity contribution in [3.05, 3.63) is 23.8 Å². The summed E-state index contributed by atoms with van der Waals surface area (Å²) in [6.45, 7) is 1.80. The molecule has 1 atom stereocenters. The summed E-state index contributed by atoms with van der Waals surface area (Å²) in [4.78, 5) is 0. The zero-order chi connectivity index (χ0) is 16.0. The Morgan fingerprint density at radius 2 is 1.86 bits per heavy atom. The lowest BCUT2D eigenvalue weighted by molar-refractivity contribution is 0.154. The average molecular weight is 317 g/mol. The van der Waals surface area contributed by atoms with Crippen LogP contribution in [-0.2, 0) is 10.0 Å². The van der Waals surface area contributed by atoms with E-state index in [1.807, 2.05) is 0 Å². The van der Waals surface area contributed by atoms with Crippen molar-refractivity contribution in [3.63, 3.8) is 0 Å². The molecule has 0 aromatic heterocycles. The minimum absolute atomic E-state index is 0.00217. The van der Waals surface area contributed by atoms with Crippen LogP contribution in [0, 0.1) is 0 Å². The van der Waals surface area contributed by atoms with Crippen LogP contribution in [0.5, 0.6) is 11.5 Å². The molecule has 0 heterocycles. The van der Waals surface area contributed by atoms with E-state index in [0.717, 1.165) is 0 Å². The van der Waals surface area contributed by atoms with Gasteiger partial charge in [0.25, 0.3) is 0 Å². The second-order valence-electron chi connectivity index (χ2n) is 4.73. The van der Waals surface area contributed by atoms with Crippen molar-refractivity contribution in [2.75, 3.05) is 33.6 Å². The topological polar surface area (TPSA) is 76.1 Å². The fourth-order valence-electron chi connectivity index (χ4n) is 1.94. The van der Waals surface area contributed by atoms with E-state index < -0.39 is 16.1 Å². The number of hydrogen-bond donors (Lipinski definition) is 1. The third kappa shape index (κ3) is 4.59. The monoisotopic (exact) mass is 317 g/mol. The van der Waals surface area contributed by atoms with E-state index in [9.17, 15) is 13.5 Å². The summed E-state index contributed by atoms with van der Waals surface area (Å²) in [6, 6.07) is 5.01. The van der Waals surface area contributed by atoms with Crippen LogP contribution in [0.4, 0.5) is 0 Å². The van der Waals surface area contributed by atoms with Gasteiger partial charge in [-0.15, -0.1) is 0 Å². The lowest BCUT2D eigenvalue weighted by Crippen LogP contribution is -2.32. The second kappa shape index (κ2) is 7.63. The molecule has 21 heavy (non-hydrogen) atoms. The number of ether oxygens (including phenoxy) is 2. The first kappa shape index (κ1) is 17.7. The van der Waals surface area contributed by atoms with Crippen molar-refractivity contribution >= 4 is 10.0 Å². The molecule has 0 radical (unpaired) electrons. The number of nitrogens with zero attached hydrogens (tertiary/aromatic N) is 1. The standard InChI is InChI=1S/C14H23NO5S/c1-5-8-21(17,18)15(2)10-12(16)11-6-7-13(19-3)14(9-11)20-4/h6-7,9,12,16H,5,8,10H2,1-4H3. The SMILES string of the molecule is CCCS(=O)(=O)N(C)CC(O)c1ccc(OC)c(OC)c1. The molecule has 0 aliphatic rings. The Hall–Kier alpha value is -1.31. The summed E-state index contributed by atoms with van der Waals surface area (Å²) in [5.41, 5.74) is 0.575. The molecule has 0 saturated carbocycles. The summed E-state index contributed by atoms with van der Waals surface area (Å²) in [5, 5.41) is 10.2. The first-order chi connectivity index (χ1) is 9.85. The lowest BCUT2D eigenvalue weighted by atomic mass is 10.1. The van der Waals surface area contributed by atoms with Crippen molar-refractivity contribution in [1.29, 1.82) is 0 Å². The van der Waals surface area contributed by atoms with Crippen LogP contribution < -0.4 is 9.47 Å². The first-order valence-corrected chi connectivity index (χ1v) is 8.30. The van der Waals surface area contributed by atoms with Gasteiger partial charge in [0.05, 0.1) is 26.1 Å². The Morgan fingerprint density at radius 3 is 2.38 bits per heavy atom. The molecular weight excluding hydrogens is 294 g/mol. The van der Waals surface area contributed by atoms with E-state index in [1.54, 1.807) is 25.1 Å². The summed E-state index contributed by atoms with van der Waals surface area (Å²) >= 11 is 0. The molecule has 0 aliphatic carbocycles. The van der Waals surface area contributed by atoms with Gasteiger partial charge in [0.1, 0.15) is 0 Å². The summed E-state index contributed by atoms with van der Waals surface area (Å²) in [6.07, 6.45) is -0.388. The van der Waals surface area contributed by atoms with Gasteiger partial charge in [-0.05, 0) is 24.1 Å². The predicted molar refractivity (Wildman–Crippen MR) is 81.2 cm³/mol. The van der Waals surface area contributed by atoms with Gasteiger partial charge >= 0.3 is 0 Å². The number of methoxy groups -OCH3 is 2. The molecule has 1 N–H and O–H groups in total. The molecule has 1 unspecified atom stereocenters. The van der Waals surface area contributed by atoms with E-state index in [2.05, 4.69) is 0 Å². The molecule has 0 saturated heterocycles. The number of aliphatic hydroxyl groups excluding tert-OH is 1. The fraction of sp³-hybridized carbons (Fsp3) is 0.571. The highest BCUT2D eigenvalue weighted by atomic mass is 32.2. The zero-order valence-electron chi connectivity index (χ0n) is 12.9. The molecule has 0 aliphatic heterocycles. The minimum Gasteiger partial charge on any atom is -0.493 e. The molecule has 0 bridgehead atoms. The number of aliphatic hydroxyl groups is 1. The van der Waals surface area contributed by atoms with E-state index in [4.69, 9.17) is 9.47 Å². The number of rotatable bonds is 8. The number of likely N-dealkylation sites (N-methyl/N-ethyl adjacent to an activating group) is 1. The third-order valence-electron chi connectivity index (χ3n) is 3.16. The van der Waals surface area contributed by atoms with Crippen LogP contribution in [-0.4, -0.2) is 51.4 Å². The van der Waals surface area contributed by atoms with Gasteiger partial charge < -0.3 is 14.6 Å². The molecule has 0 spiro atoms. The molecule has 6 nitrogen and oxygen atoms in total. The largest absolute Gasteiger partial charge is 0.493 e. The van der Waals surface area contributed by atoms with Gasteiger partial charge in [-0.2, -0.15) is 0 Å². The maximum absolute atomic E-state index is 11.9. The Kier molecular flexibility index (Phi) is 6.44. The summed E-state index contributed by atoms with van der Waals surface area (Å²) < 4.78 is 35.3.